The number of amides is 1. The summed E-state index contributed by atoms with van der Waals surface area (Å²) < 4.78 is 15.7. The zero-order valence-electron chi connectivity index (χ0n) is 17.0. The van der Waals surface area contributed by atoms with Gasteiger partial charge in [-0.2, -0.15) is 0 Å². The predicted octanol–water partition coefficient (Wildman–Crippen LogP) is 4.77. The molecule has 32 heavy (non-hydrogen) atoms. The monoisotopic (exact) mass is 508 g/mol. The van der Waals surface area contributed by atoms with Crippen LogP contribution < -0.4 is 5.32 Å². The van der Waals surface area contributed by atoms with E-state index in [4.69, 9.17) is 11.6 Å². The Morgan fingerprint density at radius 2 is 2.03 bits per heavy atom. The van der Waals surface area contributed by atoms with Gasteiger partial charge in [-0.25, -0.2) is 9.37 Å². The SMILES string of the molecule is CCN1C=C(Cl)SC1NC(=O)c1nc(Sc2nncn2C)ccc1Sc1ccc(F)cc1. The zero-order valence-corrected chi connectivity index (χ0v) is 20.2. The first-order valence-corrected chi connectivity index (χ1v) is 12.4. The molecular formula is C20H18ClFN6OS3. The van der Waals surface area contributed by atoms with E-state index in [0.717, 1.165) is 4.90 Å². The Morgan fingerprint density at radius 1 is 1.25 bits per heavy atom. The number of hydrogen-bond donors (Lipinski definition) is 1. The highest BCUT2D eigenvalue weighted by Gasteiger charge is 2.27. The molecule has 0 saturated heterocycles. The lowest BCUT2D eigenvalue weighted by Gasteiger charge is -2.24. The first-order chi connectivity index (χ1) is 15.4. The van der Waals surface area contributed by atoms with E-state index in [1.54, 1.807) is 29.2 Å². The molecule has 4 rings (SSSR count). The largest absolute Gasteiger partial charge is 0.347 e. The molecule has 1 unspecified atom stereocenters. The van der Waals surface area contributed by atoms with Crippen molar-refractivity contribution in [2.75, 3.05) is 6.54 Å². The van der Waals surface area contributed by atoms with Crippen LogP contribution in [0.25, 0.3) is 0 Å². The van der Waals surface area contributed by atoms with Crippen molar-refractivity contribution in [1.82, 2.24) is 30.0 Å². The maximum absolute atomic E-state index is 13.3. The molecular weight excluding hydrogens is 491 g/mol. The van der Waals surface area contributed by atoms with Crippen LogP contribution in [0.3, 0.4) is 0 Å². The number of thioether (sulfide) groups is 1. The van der Waals surface area contributed by atoms with Crippen LogP contribution in [-0.4, -0.2) is 42.6 Å². The number of aryl methyl sites for hydroxylation is 1. The number of carbonyl (C=O) groups is 1. The van der Waals surface area contributed by atoms with E-state index < -0.39 is 0 Å². The molecule has 12 heteroatoms. The molecule has 0 bridgehead atoms. The molecule has 166 valence electrons. The number of nitrogens with one attached hydrogen (secondary N) is 1. The molecule has 1 aromatic carbocycles. The summed E-state index contributed by atoms with van der Waals surface area (Å²) in [6, 6.07) is 9.76. The lowest BCUT2D eigenvalue weighted by atomic mass is 10.3. The maximum atomic E-state index is 13.3. The van der Waals surface area contributed by atoms with Crippen LogP contribution in [0.1, 0.15) is 17.4 Å². The molecule has 3 heterocycles. The van der Waals surface area contributed by atoms with Gasteiger partial charge in [0.1, 0.15) is 22.9 Å². The van der Waals surface area contributed by atoms with Crippen molar-refractivity contribution >= 4 is 52.8 Å². The number of nitrogens with zero attached hydrogens (tertiary/aromatic N) is 5. The van der Waals surface area contributed by atoms with Gasteiger partial charge in [-0.05, 0) is 55.1 Å². The number of rotatable bonds is 7. The number of halogens is 2. The third-order valence-corrected chi connectivity index (χ3v) is 7.72. The summed E-state index contributed by atoms with van der Waals surface area (Å²) in [7, 11) is 1.84. The topological polar surface area (TPSA) is 75.9 Å². The van der Waals surface area contributed by atoms with Crippen LogP contribution in [-0.2, 0) is 7.05 Å². The van der Waals surface area contributed by atoms with Crippen LogP contribution in [0, 0.1) is 5.82 Å². The van der Waals surface area contributed by atoms with E-state index in [2.05, 4.69) is 20.5 Å². The maximum Gasteiger partial charge on any atom is 0.273 e. The number of hydrogen-bond acceptors (Lipinski definition) is 8. The number of benzene rings is 1. The molecule has 3 aromatic rings. The zero-order chi connectivity index (χ0) is 22.7. The molecule has 7 nitrogen and oxygen atoms in total. The average Bonchev–Trinajstić information content (AvgIpc) is 3.34. The lowest BCUT2D eigenvalue weighted by Crippen LogP contribution is -2.41. The second-order valence-electron chi connectivity index (χ2n) is 6.59. The fourth-order valence-corrected chi connectivity index (χ4v) is 5.71. The summed E-state index contributed by atoms with van der Waals surface area (Å²) in [6.07, 6.45) is 3.40. The Hall–Kier alpha value is -2.21. The van der Waals surface area contributed by atoms with E-state index in [9.17, 15) is 9.18 Å². The van der Waals surface area contributed by atoms with Gasteiger partial charge in [-0.1, -0.05) is 35.1 Å². The van der Waals surface area contributed by atoms with E-state index in [1.807, 2.05) is 31.0 Å². The van der Waals surface area contributed by atoms with Gasteiger partial charge >= 0.3 is 0 Å². The quantitative estimate of drug-likeness (QED) is 0.489. The molecule has 0 aliphatic carbocycles. The Labute approximate surface area is 202 Å². The molecule has 1 aliphatic heterocycles. The molecule has 0 fully saturated rings. The van der Waals surface area contributed by atoms with Crippen LogP contribution in [0.15, 0.2) is 73.3 Å². The van der Waals surface area contributed by atoms with Gasteiger partial charge in [-0.15, -0.1) is 10.2 Å². The van der Waals surface area contributed by atoms with Crippen molar-refractivity contribution in [3.05, 3.63) is 64.8 Å². The van der Waals surface area contributed by atoms with Gasteiger partial charge in [0.15, 0.2) is 10.7 Å². The molecule has 1 atom stereocenters. The van der Waals surface area contributed by atoms with Crippen LogP contribution >= 0.6 is 46.9 Å². The molecule has 1 N–H and O–H groups in total. The van der Waals surface area contributed by atoms with Gasteiger partial charge < -0.3 is 14.8 Å². The number of carbonyl (C=O) groups excluding carboxylic acids is 1. The van der Waals surface area contributed by atoms with Crippen molar-refractivity contribution in [2.45, 2.75) is 32.4 Å². The van der Waals surface area contributed by atoms with Crippen LogP contribution in [0.2, 0.25) is 0 Å². The molecule has 0 radical (unpaired) electrons. The Morgan fingerprint density at radius 3 is 2.72 bits per heavy atom. The van der Waals surface area contributed by atoms with Gasteiger partial charge in [0.25, 0.3) is 5.91 Å². The molecule has 0 spiro atoms. The second kappa shape index (κ2) is 10.2. The van der Waals surface area contributed by atoms with Gasteiger partial charge in [0, 0.05) is 29.6 Å². The molecule has 0 saturated carbocycles. The third-order valence-electron chi connectivity index (χ3n) is 4.37. The van der Waals surface area contributed by atoms with Crippen molar-refractivity contribution in [1.29, 1.82) is 0 Å². The van der Waals surface area contributed by atoms with Crippen molar-refractivity contribution in [2.24, 2.45) is 7.05 Å². The van der Waals surface area contributed by atoms with E-state index in [1.165, 1.54) is 47.4 Å². The van der Waals surface area contributed by atoms with Crippen molar-refractivity contribution < 1.29 is 9.18 Å². The molecule has 1 aliphatic rings. The number of aromatic nitrogens is 4. The minimum Gasteiger partial charge on any atom is -0.347 e. The first-order valence-electron chi connectivity index (χ1n) is 9.50. The average molecular weight is 509 g/mol. The second-order valence-corrected chi connectivity index (χ2v) is 10.4. The van der Waals surface area contributed by atoms with Gasteiger partial charge in [-0.3, -0.25) is 4.79 Å². The Balaban J connectivity index is 1.62. The summed E-state index contributed by atoms with van der Waals surface area (Å²) in [5, 5.41) is 12.2. The van der Waals surface area contributed by atoms with E-state index >= 15 is 0 Å². The molecule has 2 aromatic heterocycles. The highest BCUT2D eigenvalue weighted by atomic mass is 35.5. The lowest BCUT2D eigenvalue weighted by molar-refractivity contribution is 0.0918. The van der Waals surface area contributed by atoms with Crippen LogP contribution in [0.4, 0.5) is 4.39 Å². The summed E-state index contributed by atoms with van der Waals surface area (Å²) in [5.41, 5.74) is -0.0494. The van der Waals surface area contributed by atoms with Gasteiger partial charge in [0.2, 0.25) is 0 Å². The summed E-state index contributed by atoms with van der Waals surface area (Å²) >= 11 is 10.2. The third kappa shape index (κ3) is 5.40. The van der Waals surface area contributed by atoms with Crippen molar-refractivity contribution in [3.63, 3.8) is 0 Å². The highest BCUT2D eigenvalue weighted by Crippen LogP contribution is 2.35. The van der Waals surface area contributed by atoms with E-state index in [0.29, 0.717) is 26.0 Å². The fourth-order valence-electron chi connectivity index (χ4n) is 2.77. The first kappa shape index (κ1) is 23.0. The Bertz CT molecular complexity index is 1160. The smallest absolute Gasteiger partial charge is 0.273 e. The fraction of sp³-hybridized carbons (Fsp3) is 0.200. The van der Waals surface area contributed by atoms with E-state index in [-0.39, 0.29) is 22.9 Å². The summed E-state index contributed by atoms with van der Waals surface area (Å²) in [5.74, 6) is -0.645. The van der Waals surface area contributed by atoms with Crippen LogP contribution in [0.5, 0.6) is 0 Å². The van der Waals surface area contributed by atoms with Crippen molar-refractivity contribution in [3.8, 4) is 0 Å². The minimum atomic E-state index is -0.328. The normalized spacial score (nSPS) is 15.7. The summed E-state index contributed by atoms with van der Waals surface area (Å²) in [6.45, 7) is 2.68. The summed E-state index contributed by atoms with van der Waals surface area (Å²) in [4.78, 5) is 21.3. The Kier molecular flexibility index (Phi) is 7.29. The number of pyridine rings is 1. The predicted molar refractivity (Wildman–Crippen MR) is 125 cm³/mol. The highest BCUT2D eigenvalue weighted by molar-refractivity contribution is 8.05. The van der Waals surface area contributed by atoms with Gasteiger partial charge in [0.05, 0.1) is 4.36 Å². The standard InChI is InChI=1S/C20H18ClFN6OS3/c1-3-28-10-15(21)31-19(28)25-18(29)17-14(30-13-6-4-12(22)5-7-13)8-9-16(24-17)32-20-26-23-11-27(20)2/h4-11,19H,3H2,1-2H3,(H,25,29). The minimum absolute atomic E-state index is 0.270. The molecule has 1 amide bonds.